The van der Waals surface area contributed by atoms with Crippen LogP contribution in [-0.4, -0.2) is 23.5 Å². The van der Waals surface area contributed by atoms with Crippen molar-refractivity contribution in [3.05, 3.63) is 66.1 Å². The summed E-state index contributed by atoms with van der Waals surface area (Å²) in [6, 6.07) is 12.0. The summed E-state index contributed by atoms with van der Waals surface area (Å²) >= 11 is 0. The first-order valence-electron chi connectivity index (χ1n) is 6.55. The van der Waals surface area contributed by atoms with E-state index in [0.29, 0.717) is 10.7 Å². The Kier molecular flexibility index (Phi) is 5.04. The lowest BCUT2D eigenvalue weighted by Gasteiger charge is -2.21. The zero-order valence-corrected chi connectivity index (χ0v) is 11.6. The molecule has 0 radical (unpaired) electrons. The van der Waals surface area contributed by atoms with Crippen LogP contribution in [0, 0.1) is 0 Å². The molecular weight excluding hydrogens is 295 g/mol. The lowest BCUT2D eigenvalue weighted by atomic mass is 10.2. The van der Waals surface area contributed by atoms with Crippen molar-refractivity contribution in [3.63, 3.8) is 0 Å². The number of halogens is 3. The molecule has 0 N–H and O–H groups in total. The molecule has 0 saturated carbocycles. The Balaban J connectivity index is 2.09. The minimum absolute atomic E-state index is 0.232. The normalized spacial score (nSPS) is 11.8. The highest BCUT2D eigenvalue weighted by Crippen LogP contribution is 2.19. The molecule has 0 spiro atoms. The van der Waals surface area contributed by atoms with Gasteiger partial charge in [-0.25, -0.2) is 0 Å². The van der Waals surface area contributed by atoms with Gasteiger partial charge in [-0.3, -0.25) is 4.79 Å². The van der Waals surface area contributed by atoms with Gasteiger partial charge in [0.25, 0.3) is 0 Å². The summed E-state index contributed by atoms with van der Waals surface area (Å²) in [4.78, 5) is 12.7. The zero-order valence-electron chi connectivity index (χ0n) is 11.6. The topological polar surface area (TPSA) is 33.5 Å². The number of furan rings is 1. The summed E-state index contributed by atoms with van der Waals surface area (Å²) < 4.78 is 42.8. The first kappa shape index (κ1) is 15.9. The highest BCUT2D eigenvalue weighted by molar-refractivity contribution is 5.91. The highest BCUT2D eigenvalue weighted by atomic mass is 19.4. The number of carbonyl (C=O) groups excluding carboxylic acids is 1. The Morgan fingerprint density at radius 3 is 2.45 bits per heavy atom. The van der Waals surface area contributed by atoms with Crippen molar-refractivity contribution in [3.8, 4) is 0 Å². The average molecular weight is 309 g/mol. The van der Waals surface area contributed by atoms with Crippen molar-refractivity contribution in [1.29, 1.82) is 0 Å². The van der Waals surface area contributed by atoms with Crippen molar-refractivity contribution >= 4 is 12.0 Å². The van der Waals surface area contributed by atoms with Crippen LogP contribution in [0.5, 0.6) is 0 Å². The predicted octanol–water partition coefficient (Wildman–Crippen LogP) is 3.88. The van der Waals surface area contributed by atoms with Crippen LogP contribution in [-0.2, 0) is 11.3 Å². The van der Waals surface area contributed by atoms with Gasteiger partial charge in [0.1, 0.15) is 12.3 Å². The molecule has 0 bridgehead atoms. The lowest BCUT2D eigenvalue weighted by Crippen LogP contribution is -2.37. The monoisotopic (exact) mass is 309 g/mol. The van der Waals surface area contributed by atoms with Crippen molar-refractivity contribution in [1.82, 2.24) is 4.90 Å². The average Bonchev–Trinajstić information content (AvgIpc) is 2.97. The van der Waals surface area contributed by atoms with Gasteiger partial charge in [0, 0.05) is 6.08 Å². The van der Waals surface area contributed by atoms with Crippen LogP contribution < -0.4 is 0 Å². The van der Waals surface area contributed by atoms with Crippen LogP contribution in [0.15, 0.2) is 59.2 Å². The van der Waals surface area contributed by atoms with E-state index in [1.165, 1.54) is 18.4 Å². The summed E-state index contributed by atoms with van der Waals surface area (Å²) in [6.45, 7) is -1.56. The van der Waals surface area contributed by atoms with Crippen LogP contribution >= 0.6 is 0 Å². The second kappa shape index (κ2) is 6.98. The molecule has 0 atom stereocenters. The van der Waals surface area contributed by atoms with Crippen LogP contribution in [0.4, 0.5) is 13.2 Å². The van der Waals surface area contributed by atoms with E-state index in [9.17, 15) is 18.0 Å². The third-order valence-corrected chi connectivity index (χ3v) is 2.83. The largest absolute Gasteiger partial charge is 0.467 e. The van der Waals surface area contributed by atoms with E-state index < -0.39 is 18.6 Å². The van der Waals surface area contributed by atoms with Crippen molar-refractivity contribution in [2.75, 3.05) is 6.54 Å². The molecule has 2 rings (SSSR count). The van der Waals surface area contributed by atoms with E-state index in [1.54, 1.807) is 30.3 Å². The molecule has 0 aliphatic rings. The lowest BCUT2D eigenvalue weighted by molar-refractivity contribution is -0.159. The SMILES string of the molecule is O=C(/C=C/c1ccccc1)N(Cc1ccco1)CC(F)(F)F. The van der Waals surface area contributed by atoms with Gasteiger partial charge in [0.2, 0.25) is 5.91 Å². The van der Waals surface area contributed by atoms with Gasteiger partial charge in [-0.1, -0.05) is 30.3 Å². The maximum absolute atomic E-state index is 12.6. The Hall–Kier alpha value is -2.50. The molecule has 1 amide bonds. The van der Waals surface area contributed by atoms with E-state index in [4.69, 9.17) is 4.42 Å². The maximum Gasteiger partial charge on any atom is 0.406 e. The fraction of sp³-hybridized carbons (Fsp3) is 0.188. The van der Waals surface area contributed by atoms with E-state index >= 15 is 0 Å². The van der Waals surface area contributed by atoms with Gasteiger partial charge in [-0.2, -0.15) is 13.2 Å². The molecule has 0 fully saturated rings. The summed E-state index contributed by atoms with van der Waals surface area (Å²) in [5.41, 5.74) is 0.737. The van der Waals surface area contributed by atoms with Gasteiger partial charge in [0.15, 0.2) is 0 Å². The molecule has 1 aromatic carbocycles. The minimum Gasteiger partial charge on any atom is -0.467 e. The standard InChI is InChI=1S/C16H14F3NO2/c17-16(18,19)12-20(11-14-7-4-10-22-14)15(21)9-8-13-5-2-1-3-6-13/h1-10H,11-12H2/b9-8+. The number of rotatable bonds is 5. The summed E-state index contributed by atoms with van der Waals surface area (Å²) in [6.07, 6.45) is -0.508. The molecule has 0 aliphatic heterocycles. The highest BCUT2D eigenvalue weighted by Gasteiger charge is 2.32. The van der Waals surface area contributed by atoms with E-state index in [2.05, 4.69) is 0 Å². The number of hydrogen-bond acceptors (Lipinski definition) is 2. The third-order valence-electron chi connectivity index (χ3n) is 2.83. The number of benzene rings is 1. The predicted molar refractivity (Wildman–Crippen MR) is 75.7 cm³/mol. The maximum atomic E-state index is 12.6. The Bertz CT molecular complexity index is 619. The number of alkyl halides is 3. The molecule has 116 valence electrons. The second-order valence-electron chi connectivity index (χ2n) is 4.63. The molecule has 1 heterocycles. The summed E-state index contributed by atoms with van der Waals surface area (Å²) in [5, 5.41) is 0. The molecule has 0 saturated heterocycles. The summed E-state index contributed by atoms with van der Waals surface area (Å²) in [7, 11) is 0. The molecule has 1 aromatic heterocycles. The Morgan fingerprint density at radius 2 is 1.86 bits per heavy atom. The Morgan fingerprint density at radius 1 is 1.14 bits per heavy atom. The molecule has 3 nitrogen and oxygen atoms in total. The van der Waals surface area contributed by atoms with Gasteiger partial charge in [-0.05, 0) is 23.8 Å². The number of amides is 1. The van der Waals surface area contributed by atoms with Crippen LogP contribution in [0.25, 0.3) is 6.08 Å². The van der Waals surface area contributed by atoms with Crippen molar-refractivity contribution in [2.24, 2.45) is 0 Å². The second-order valence-corrected chi connectivity index (χ2v) is 4.63. The van der Waals surface area contributed by atoms with Crippen LogP contribution in [0.1, 0.15) is 11.3 Å². The van der Waals surface area contributed by atoms with E-state index in [0.717, 1.165) is 11.6 Å². The van der Waals surface area contributed by atoms with Crippen molar-refractivity contribution in [2.45, 2.75) is 12.7 Å². The van der Waals surface area contributed by atoms with Gasteiger partial charge < -0.3 is 9.32 Å². The van der Waals surface area contributed by atoms with Gasteiger partial charge >= 0.3 is 6.18 Å². The molecule has 0 unspecified atom stereocenters. The molecular formula is C16H14F3NO2. The smallest absolute Gasteiger partial charge is 0.406 e. The number of hydrogen-bond donors (Lipinski definition) is 0. The van der Waals surface area contributed by atoms with Crippen LogP contribution in [0.3, 0.4) is 0 Å². The number of carbonyl (C=O) groups is 1. The first-order valence-corrected chi connectivity index (χ1v) is 6.55. The first-order chi connectivity index (χ1) is 10.4. The quantitative estimate of drug-likeness (QED) is 0.785. The molecule has 0 aliphatic carbocycles. The Labute approximate surface area is 125 Å². The minimum atomic E-state index is -4.47. The molecule has 2 aromatic rings. The zero-order chi connectivity index (χ0) is 16.0. The van der Waals surface area contributed by atoms with Gasteiger partial charge in [0.05, 0.1) is 12.8 Å². The van der Waals surface area contributed by atoms with E-state index in [1.807, 2.05) is 6.07 Å². The third kappa shape index (κ3) is 5.12. The van der Waals surface area contributed by atoms with E-state index in [-0.39, 0.29) is 6.54 Å². The summed E-state index contributed by atoms with van der Waals surface area (Å²) in [5.74, 6) is -0.428. The van der Waals surface area contributed by atoms with Gasteiger partial charge in [-0.15, -0.1) is 0 Å². The fourth-order valence-corrected chi connectivity index (χ4v) is 1.86. The van der Waals surface area contributed by atoms with Crippen molar-refractivity contribution < 1.29 is 22.4 Å². The van der Waals surface area contributed by atoms with Crippen LogP contribution in [0.2, 0.25) is 0 Å². The number of nitrogens with zero attached hydrogens (tertiary/aromatic N) is 1. The fourth-order valence-electron chi connectivity index (χ4n) is 1.86. The molecule has 22 heavy (non-hydrogen) atoms. The molecule has 6 heteroatoms.